The zero-order valence-corrected chi connectivity index (χ0v) is 15.7. The lowest BCUT2D eigenvalue weighted by Crippen LogP contribution is -3.18. The average molecular weight is 361 g/mol. The molecule has 7 nitrogen and oxygen atoms in total. The van der Waals surface area contributed by atoms with Crippen molar-refractivity contribution < 1.29 is 19.3 Å². The molecule has 1 heterocycles. The fourth-order valence-electron chi connectivity index (χ4n) is 3.37. The van der Waals surface area contributed by atoms with Crippen LogP contribution in [0.15, 0.2) is 24.3 Å². The molecule has 0 spiro atoms. The zero-order chi connectivity index (χ0) is 19.3. The highest BCUT2D eigenvalue weighted by molar-refractivity contribution is 5.94. The number of likely N-dealkylation sites (N-methyl/N-ethyl adjacent to an activating group) is 1. The van der Waals surface area contributed by atoms with Gasteiger partial charge in [-0.25, -0.2) is 0 Å². The minimum Gasteiger partial charge on any atom is -0.369 e. The summed E-state index contributed by atoms with van der Waals surface area (Å²) in [5.74, 6) is -0.818. The van der Waals surface area contributed by atoms with Crippen LogP contribution in [0.3, 0.4) is 0 Å². The number of carbonyl (C=O) groups excluding carboxylic acids is 3. The fourth-order valence-corrected chi connectivity index (χ4v) is 3.37. The summed E-state index contributed by atoms with van der Waals surface area (Å²) in [4.78, 5) is 38.8. The molecule has 1 aliphatic rings. The largest absolute Gasteiger partial charge is 0.369 e. The number of nitrogens with zero attached hydrogens (tertiary/aromatic N) is 1. The van der Waals surface area contributed by atoms with Crippen molar-refractivity contribution in [2.24, 2.45) is 11.7 Å². The smallest absolute Gasteiger partial charge is 0.280 e. The van der Waals surface area contributed by atoms with E-state index in [1.807, 2.05) is 38.1 Å². The molecule has 0 aliphatic carbocycles. The second-order valence-corrected chi connectivity index (χ2v) is 7.18. The van der Waals surface area contributed by atoms with Gasteiger partial charge in [-0.15, -0.1) is 0 Å². The van der Waals surface area contributed by atoms with Gasteiger partial charge in [0.15, 0.2) is 6.04 Å². The number of amides is 3. The number of anilines is 1. The summed E-state index contributed by atoms with van der Waals surface area (Å²) in [6, 6.07) is 7.19. The van der Waals surface area contributed by atoms with Crippen LogP contribution < -0.4 is 16.0 Å². The quantitative estimate of drug-likeness (QED) is 0.641. The van der Waals surface area contributed by atoms with Crippen molar-refractivity contribution in [2.45, 2.75) is 32.7 Å². The van der Waals surface area contributed by atoms with E-state index in [0.29, 0.717) is 12.2 Å². The third kappa shape index (κ3) is 5.29. The van der Waals surface area contributed by atoms with E-state index in [1.165, 1.54) is 4.90 Å². The van der Waals surface area contributed by atoms with Crippen molar-refractivity contribution in [3.8, 4) is 0 Å². The second-order valence-electron chi connectivity index (χ2n) is 7.18. The molecule has 7 heteroatoms. The number of quaternary nitrogens is 1. The molecule has 3 amide bonds. The maximum atomic E-state index is 12.7. The molecule has 142 valence electrons. The highest BCUT2D eigenvalue weighted by atomic mass is 16.2. The van der Waals surface area contributed by atoms with E-state index < -0.39 is 0 Å². The van der Waals surface area contributed by atoms with Crippen molar-refractivity contribution in [1.82, 2.24) is 4.90 Å². The monoisotopic (exact) mass is 361 g/mol. The Morgan fingerprint density at radius 3 is 2.58 bits per heavy atom. The van der Waals surface area contributed by atoms with Gasteiger partial charge in [0.05, 0.1) is 25.6 Å². The van der Waals surface area contributed by atoms with E-state index in [0.717, 1.165) is 29.8 Å². The van der Waals surface area contributed by atoms with Gasteiger partial charge < -0.3 is 20.9 Å². The summed E-state index contributed by atoms with van der Waals surface area (Å²) in [6.45, 7) is 5.22. The minimum absolute atomic E-state index is 0.0103. The van der Waals surface area contributed by atoms with Crippen molar-refractivity contribution in [3.05, 3.63) is 29.8 Å². The molecule has 1 aromatic rings. The second kappa shape index (κ2) is 8.80. The van der Waals surface area contributed by atoms with Gasteiger partial charge in [-0.05, 0) is 38.8 Å². The Labute approximate surface area is 154 Å². The van der Waals surface area contributed by atoms with Crippen LogP contribution in [0, 0.1) is 12.8 Å². The number of nitrogens with two attached hydrogens (primary N) is 1. The van der Waals surface area contributed by atoms with Crippen LogP contribution in [0.4, 0.5) is 5.69 Å². The molecule has 26 heavy (non-hydrogen) atoms. The Balaban J connectivity index is 1.88. The summed E-state index contributed by atoms with van der Waals surface area (Å²) in [5.41, 5.74) is 7.24. The Morgan fingerprint density at radius 1 is 1.31 bits per heavy atom. The number of benzene rings is 1. The molecule has 1 saturated heterocycles. The van der Waals surface area contributed by atoms with Crippen LogP contribution in [0.25, 0.3) is 0 Å². The highest BCUT2D eigenvalue weighted by Crippen LogP contribution is 2.09. The van der Waals surface area contributed by atoms with E-state index in [9.17, 15) is 14.4 Å². The van der Waals surface area contributed by atoms with Crippen molar-refractivity contribution in [1.29, 1.82) is 0 Å². The molecule has 0 aromatic heterocycles. The first-order valence-electron chi connectivity index (χ1n) is 9.03. The Hall–Kier alpha value is -2.41. The maximum Gasteiger partial charge on any atom is 0.280 e. The lowest BCUT2D eigenvalue weighted by atomic mass is 9.96. The first-order valence-corrected chi connectivity index (χ1v) is 9.03. The van der Waals surface area contributed by atoms with Crippen molar-refractivity contribution in [2.75, 3.05) is 32.0 Å². The maximum absolute atomic E-state index is 12.7. The Bertz CT molecular complexity index is 659. The number of likely N-dealkylation sites (tertiary alicyclic amines) is 1. The summed E-state index contributed by atoms with van der Waals surface area (Å²) in [5, 5.41) is 2.79. The number of carbonyl (C=O) groups is 3. The third-order valence-electron chi connectivity index (χ3n) is 5.04. The van der Waals surface area contributed by atoms with Gasteiger partial charge in [-0.1, -0.05) is 17.7 Å². The van der Waals surface area contributed by atoms with Gasteiger partial charge >= 0.3 is 0 Å². The Morgan fingerprint density at radius 2 is 1.96 bits per heavy atom. The van der Waals surface area contributed by atoms with Crippen molar-refractivity contribution in [3.63, 3.8) is 0 Å². The lowest BCUT2D eigenvalue weighted by Gasteiger charge is -2.33. The molecular formula is C19H29N4O3+. The summed E-state index contributed by atoms with van der Waals surface area (Å²) >= 11 is 0. The van der Waals surface area contributed by atoms with Gasteiger partial charge in [0.25, 0.3) is 5.91 Å². The van der Waals surface area contributed by atoms with Crippen LogP contribution >= 0.6 is 0 Å². The summed E-state index contributed by atoms with van der Waals surface area (Å²) in [6.07, 6.45) is 1.66. The molecule has 3 atom stereocenters. The highest BCUT2D eigenvalue weighted by Gasteiger charge is 2.34. The molecule has 1 aliphatic heterocycles. The van der Waals surface area contributed by atoms with Gasteiger partial charge in [-0.2, -0.15) is 0 Å². The van der Waals surface area contributed by atoms with Gasteiger partial charge in [0, 0.05) is 12.7 Å². The molecule has 2 rings (SSSR count). The molecular weight excluding hydrogens is 332 g/mol. The molecule has 1 aromatic carbocycles. The van der Waals surface area contributed by atoms with E-state index >= 15 is 0 Å². The number of rotatable bonds is 6. The van der Waals surface area contributed by atoms with Crippen molar-refractivity contribution >= 4 is 23.4 Å². The van der Waals surface area contributed by atoms with Gasteiger partial charge in [0.2, 0.25) is 11.8 Å². The van der Waals surface area contributed by atoms with Crippen LogP contribution in [0.2, 0.25) is 0 Å². The summed E-state index contributed by atoms with van der Waals surface area (Å²) < 4.78 is 0. The number of hydrogen-bond donors (Lipinski definition) is 3. The first kappa shape index (κ1) is 19.9. The van der Waals surface area contributed by atoms with Crippen LogP contribution in [0.5, 0.6) is 0 Å². The number of nitrogens with one attached hydrogen (secondary N) is 2. The number of piperidine rings is 1. The minimum atomic E-state index is -0.311. The van der Waals surface area contributed by atoms with Crippen LogP contribution in [-0.2, 0) is 14.4 Å². The SMILES string of the molecule is Cc1ccc(NC(=O)CN(C)C(=O)[C@@H](C)[NH+]2CCC[C@H](C(N)=O)C2)cc1. The van der Waals surface area contributed by atoms with E-state index in [2.05, 4.69) is 5.32 Å². The average Bonchev–Trinajstić information content (AvgIpc) is 2.62. The van der Waals surface area contributed by atoms with E-state index in [1.54, 1.807) is 7.05 Å². The molecule has 0 radical (unpaired) electrons. The molecule has 1 fully saturated rings. The predicted octanol–water partition coefficient (Wildman–Crippen LogP) is -0.439. The van der Waals surface area contributed by atoms with E-state index in [4.69, 9.17) is 5.73 Å². The van der Waals surface area contributed by atoms with E-state index in [-0.39, 0.29) is 36.2 Å². The molecule has 4 N–H and O–H groups in total. The first-order chi connectivity index (χ1) is 12.3. The van der Waals surface area contributed by atoms with Gasteiger partial charge in [0.1, 0.15) is 0 Å². The molecule has 0 bridgehead atoms. The lowest BCUT2D eigenvalue weighted by molar-refractivity contribution is -0.921. The topological polar surface area (TPSA) is 96.9 Å². The number of hydrogen-bond acceptors (Lipinski definition) is 3. The normalized spacial score (nSPS) is 20.9. The number of aryl methyl sites for hydroxylation is 1. The molecule has 0 saturated carbocycles. The van der Waals surface area contributed by atoms with Crippen LogP contribution in [0.1, 0.15) is 25.3 Å². The fraction of sp³-hybridized carbons (Fsp3) is 0.526. The standard InChI is InChI=1S/C19H28N4O3/c1-13-6-8-16(9-7-13)21-17(24)12-22(3)19(26)14(2)23-10-4-5-15(11-23)18(20)25/h6-9,14-15H,4-5,10-12H2,1-3H3,(H2,20,25)(H,21,24)/p+1/t14-,15+/m1/s1. The third-order valence-corrected chi connectivity index (χ3v) is 5.04. The van der Waals surface area contributed by atoms with Crippen LogP contribution in [-0.4, -0.2) is 55.3 Å². The zero-order valence-electron chi connectivity index (χ0n) is 15.7. The number of primary amides is 1. The van der Waals surface area contributed by atoms with Gasteiger partial charge in [-0.3, -0.25) is 14.4 Å². The molecule has 1 unspecified atom stereocenters. The summed E-state index contributed by atoms with van der Waals surface area (Å²) in [7, 11) is 1.63. The Kier molecular flexibility index (Phi) is 6.74. The predicted molar refractivity (Wildman–Crippen MR) is 99.5 cm³/mol.